The van der Waals surface area contributed by atoms with E-state index in [9.17, 15) is 60.0 Å². The van der Waals surface area contributed by atoms with E-state index in [-0.39, 0.29) is 83.1 Å². The number of aliphatic hydroxyl groups is 8. The van der Waals surface area contributed by atoms with Crippen molar-refractivity contribution in [1.82, 2.24) is 0 Å². The molecule has 8 N–H and O–H groups in total. The van der Waals surface area contributed by atoms with E-state index in [1.807, 2.05) is 83.1 Å². The van der Waals surface area contributed by atoms with Crippen molar-refractivity contribution in [3.05, 3.63) is 43.9 Å². The Labute approximate surface area is 545 Å². The van der Waals surface area contributed by atoms with Crippen LogP contribution in [0.2, 0.25) is 0 Å². The van der Waals surface area contributed by atoms with E-state index in [0.29, 0.717) is 89.0 Å². The molecule has 0 amide bonds. The van der Waals surface area contributed by atoms with Crippen molar-refractivity contribution >= 4 is 59.2 Å². The Morgan fingerprint density at radius 2 is 0.636 bits per heavy atom. The number of esters is 4. The van der Waals surface area contributed by atoms with Crippen molar-refractivity contribution in [2.75, 3.05) is 7.11 Å². The smallest absolute Gasteiger partial charge is 1.00 e. The minimum atomic E-state index is -1.04. The van der Waals surface area contributed by atoms with Crippen LogP contribution in [-0.2, 0) is 52.6 Å². The molecule has 12 bridgehead atoms. The van der Waals surface area contributed by atoms with E-state index >= 15 is 0 Å². The average molecular weight is 1280 g/mol. The van der Waals surface area contributed by atoms with Gasteiger partial charge in [-0.15, -0.1) is 0 Å². The average Bonchev–Trinajstić information content (AvgIpc) is 3.25. The third-order valence-corrected chi connectivity index (χ3v) is 22.6. The number of rotatable bonds is 11. The van der Waals surface area contributed by atoms with Crippen LogP contribution in [0.15, 0.2) is 36.5 Å². The van der Waals surface area contributed by atoms with Crippen molar-refractivity contribution in [2.45, 2.75) is 284 Å². The second-order valence-corrected chi connectivity index (χ2v) is 32.8. The fraction of sp³-hybridized carbons (Fsp3) is 0.806. The molecule has 0 aromatic carbocycles. The Morgan fingerprint density at radius 1 is 0.409 bits per heavy atom. The molecule has 0 aliphatic heterocycles. The van der Waals surface area contributed by atoms with Crippen molar-refractivity contribution in [3.8, 4) is 0 Å². The van der Waals surface area contributed by atoms with Gasteiger partial charge >= 0.3 is 59.2 Å². The Balaban J connectivity index is 0.000000585. The quantitative estimate of drug-likeness (QED) is 0.0327. The molecule has 0 radical (unpaired) electrons. The molecular formula is C67H107ClMgO19. The maximum atomic E-state index is 12.6. The van der Waals surface area contributed by atoms with Gasteiger partial charge in [0.15, 0.2) is 0 Å². The molecule has 12 aliphatic rings. The molecule has 0 aromatic rings. The van der Waals surface area contributed by atoms with Crippen LogP contribution >= 0.6 is 0 Å². The summed E-state index contributed by atoms with van der Waals surface area (Å²) < 4.78 is 15.4. The Hall–Kier alpha value is -3.20. The molecule has 88 heavy (non-hydrogen) atoms. The summed E-state index contributed by atoms with van der Waals surface area (Å²) in [4.78, 5) is 78.6. The molecule has 498 valence electrons. The molecule has 12 rings (SSSR count). The van der Waals surface area contributed by atoms with Crippen LogP contribution in [0.3, 0.4) is 0 Å². The standard InChI is InChI=1S/C23H38O5.C19H34O4.C14H22O3.C8H10O3.2CO2.CH3.ClH.Mg/c1-15(2)16(24)28-23-12-20(17(3,4)25)9-21(13-23,18(5,6)26)11-22(10-20,14-23)19(7,8)27;1-13(2,20)16-7-17(14(3,4)21)9-18(8-16,15(5,6)22)12-19(23,10-16)11-17;1-11-4-12(2)6-13(5-11,10(15)17-3)9-14(16,7-11)8-12;1-5(2)7(9)11-8(10)6(3)4;2*2-1-3;;;/h25-27H,1,9-14H2,2-8H3;20-23H,7-12H2,1-6H3;16H,4-9H2,1-3H3;1,3H2,2,4H3;;;1H3;1H;/q;;;;;;-1;;+2/p-1. The first-order valence-corrected chi connectivity index (χ1v) is 29.6. The zero-order valence-electron chi connectivity index (χ0n) is 56.5. The predicted molar refractivity (Wildman–Crippen MR) is 323 cm³/mol. The second kappa shape index (κ2) is 25.9. The zero-order valence-corrected chi connectivity index (χ0v) is 58.7. The maximum absolute atomic E-state index is 12.6. The van der Waals surface area contributed by atoms with Gasteiger partial charge in [0.05, 0.1) is 57.3 Å². The van der Waals surface area contributed by atoms with E-state index in [4.69, 9.17) is 28.7 Å². The summed E-state index contributed by atoms with van der Waals surface area (Å²) in [6.45, 7) is 41.1. The van der Waals surface area contributed by atoms with Gasteiger partial charge < -0.3 is 74.9 Å². The van der Waals surface area contributed by atoms with E-state index in [1.54, 1.807) is 6.92 Å². The molecule has 0 spiro atoms. The van der Waals surface area contributed by atoms with Gasteiger partial charge in [0.1, 0.15) is 5.60 Å². The monoisotopic (exact) mass is 1270 g/mol. The number of methoxy groups -OCH3 is 1. The molecule has 12 fully saturated rings. The van der Waals surface area contributed by atoms with Gasteiger partial charge in [0, 0.05) is 49.2 Å². The van der Waals surface area contributed by atoms with Crippen LogP contribution in [0.25, 0.3) is 0 Å². The van der Waals surface area contributed by atoms with E-state index in [2.05, 4.69) is 38.3 Å². The number of hydrogen-bond donors (Lipinski definition) is 8. The third kappa shape index (κ3) is 15.7. The Bertz CT molecular complexity index is 2460. The first-order chi connectivity index (χ1) is 37.8. The Morgan fingerprint density at radius 3 is 0.841 bits per heavy atom. The van der Waals surface area contributed by atoms with Gasteiger partial charge in [-0.2, -0.15) is 19.2 Å². The van der Waals surface area contributed by atoms with Gasteiger partial charge in [-0.05, 0) is 230 Å². The maximum Gasteiger partial charge on any atom is 2.00 e. The second-order valence-electron chi connectivity index (χ2n) is 32.8. The van der Waals surface area contributed by atoms with Crippen molar-refractivity contribution in [3.63, 3.8) is 0 Å². The third-order valence-electron chi connectivity index (χ3n) is 22.6. The van der Waals surface area contributed by atoms with Crippen LogP contribution in [-0.4, -0.2) is 158 Å². The fourth-order valence-electron chi connectivity index (χ4n) is 19.7. The van der Waals surface area contributed by atoms with Crippen LogP contribution in [0.4, 0.5) is 0 Å². The normalized spacial score (nSPS) is 37.3. The van der Waals surface area contributed by atoms with Crippen molar-refractivity contribution in [2.24, 2.45) is 48.7 Å². The summed E-state index contributed by atoms with van der Waals surface area (Å²) in [6, 6.07) is 0. The summed E-state index contributed by atoms with van der Waals surface area (Å²) in [7, 11) is 1.47. The molecule has 12 saturated carbocycles. The van der Waals surface area contributed by atoms with Crippen LogP contribution in [0, 0.1) is 56.2 Å². The molecule has 19 nitrogen and oxygen atoms in total. The van der Waals surface area contributed by atoms with Gasteiger partial charge in [-0.25, -0.2) is 14.4 Å². The largest absolute Gasteiger partial charge is 2.00 e. The summed E-state index contributed by atoms with van der Waals surface area (Å²) in [5.41, 5.74) is -10.9. The summed E-state index contributed by atoms with van der Waals surface area (Å²) in [5, 5.41) is 88.9. The zero-order chi connectivity index (χ0) is 66.3. The molecule has 0 aromatic heterocycles. The van der Waals surface area contributed by atoms with Crippen molar-refractivity contribution < 1.29 is 106 Å². The Kier molecular flexibility index (Phi) is 24.4. The molecular weight excluding hydrogens is 1170 g/mol. The van der Waals surface area contributed by atoms with E-state index in [1.165, 1.54) is 21.0 Å². The van der Waals surface area contributed by atoms with Gasteiger partial charge in [0.2, 0.25) is 0 Å². The number of carbonyl (C=O) groups excluding carboxylic acids is 8. The van der Waals surface area contributed by atoms with Gasteiger partial charge in [-0.3, -0.25) is 4.79 Å². The minimum Gasteiger partial charge on any atom is -1.00 e. The minimum absolute atomic E-state index is 0. The number of halogens is 1. The number of hydrogen-bond acceptors (Lipinski definition) is 19. The summed E-state index contributed by atoms with van der Waals surface area (Å²) in [5.74, 6) is -1.96. The fourth-order valence-corrected chi connectivity index (χ4v) is 19.7. The van der Waals surface area contributed by atoms with Crippen LogP contribution in [0.1, 0.15) is 233 Å². The first kappa shape index (κ1) is 82.8. The summed E-state index contributed by atoms with van der Waals surface area (Å²) >= 11 is 0. The molecule has 0 heterocycles. The first-order valence-electron chi connectivity index (χ1n) is 29.6. The predicted octanol–water partition coefficient (Wildman–Crippen LogP) is 5.25. The molecule has 0 saturated heterocycles. The van der Waals surface area contributed by atoms with E-state index < -0.39 is 106 Å². The molecule has 2 atom stereocenters. The van der Waals surface area contributed by atoms with Crippen LogP contribution in [0.5, 0.6) is 0 Å². The summed E-state index contributed by atoms with van der Waals surface area (Å²) in [6.07, 6.45) is 13.1. The van der Waals surface area contributed by atoms with Crippen molar-refractivity contribution in [1.29, 1.82) is 0 Å². The molecule has 21 heteroatoms. The van der Waals surface area contributed by atoms with E-state index in [0.717, 1.165) is 32.1 Å². The molecule has 12 aliphatic carbocycles. The van der Waals surface area contributed by atoms with Crippen LogP contribution < -0.4 is 12.4 Å². The topological polar surface area (TPSA) is 326 Å². The van der Waals surface area contributed by atoms with Gasteiger partial charge in [-0.1, -0.05) is 33.6 Å². The number of ether oxygens (including phenoxy) is 3. The molecule has 2 unspecified atom stereocenters. The van der Waals surface area contributed by atoms with Gasteiger partial charge in [0.25, 0.3) is 0 Å². The SMILES string of the molecule is C=C(C)C(=O)OC(=O)C(=C)C.C=C(C)C(=O)OC12CC3(C(C)(C)O)CC(C(C)(C)O)(C1)CC(C(C)(C)O)(C2)C3.CC(C)(O)C12CC3(O)CC(C(C)(C)O)(C1)CC(C(C)(C)O)(C3)C2.COC(=O)C12CC3(C)CC(C)(CC(O)(C3)C1)C2.O=C=O.O=C=O.[CH3-].[Cl-].[Mg+2]. The number of carbonyl (C=O) groups is 4.